The van der Waals surface area contributed by atoms with E-state index in [4.69, 9.17) is 33.8 Å². The summed E-state index contributed by atoms with van der Waals surface area (Å²) in [6.07, 6.45) is 1.32. The molecule has 108 valence electrons. The molecule has 2 atom stereocenters. The number of nitrogens with zero attached hydrogens (tertiary/aromatic N) is 2. The summed E-state index contributed by atoms with van der Waals surface area (Å²) in [5.74, 6) is 6.30. The van der Waals surface area contributed by atoms with E-state index in [9.17, 15) is 0 Å². The number of hydrogen-bond acceptors (Lipinski definition) is 4. The normalized spacial score (nSPS) is 14.1. The zero-order valence-electron chi connectivity index (χ0n) is 11.2. The molecule has 7 heteroatoms. The SMILES string of the molecule is CC(Oc1cccc(Cl)c1)C(NN)c1c(Cl)cnn1C. The number of nitrogens with two attached hydrogens (primary N) is 1. The molecular formula is C13H16Cl2N4O. The van der Waals surface area contributed by atoms with Crippen molar-refractivity contribution in [2.45, 2.75) is 19.1 Å². The lowest BCUT2D eigenvalue weighted by Gasteiger charge is -2.25. The van der Waals surface area contributed by atoms with E-state index in [2.05, 4.69) is 10.5 Å². The summed E-state index contributed by atoms with van der Waals surface area (Å²) in [5.41, 5.74) is 3.48. The Bertz CT molecular complexity index is 568. The molecule has 0 fully saturated rings. The third-order valence-corrected chi connectivity index (χ3v) is 3.53. The van der Waals surface area contributed by atoms with Gasteiger partial charge in [0.2, 0.25) is 0 Å². The molecule has 0 amide bonds. The fraction of sp³-hybridized carbons (Fsp3) is 0.308. The maximum Gasteiger partial charge on any atom is 0.121 e. The van der Waals surface area contributed by atoms with Gasteiger partial charge < -0.3 is 4.74 Å². The Morgan fingerprint density at radius 2 is 2.15 bits per heavy atom. The molecule has 1 aromatic carbocycles. The van der Waals surface area contributed by atoms with Crippen LogP contribution in [0.15, 0.2) is 30.5 Å². The molecule has 0 saturated heterocycles. The van der Waals surface area contributed by atoms with Crippen LogP contribution in [0.2, 0.25) is 10.0 Å². The smallest absolute Gasteiger partial charge is 0.121 e. The molecule has 1 aromatic heterocycles. The first-order valence-electron chi connectivity index (χ1n) is 6.08. The van der Waals surface area contributed by atoms with Gasteiger partial charge in [-0.3, -0.25) is 10.5 Å². The van der Waals surface area contributed by atoms with E-state index >= 15 is 0 Å². The molecular weight excluding hydrogens is 299 g/mol. The summed E-state index contributed by atoms with van der Waals surface area (Å²) in [5, 5.41) is 5.26. The fourth-order valence-corrected chi connectivity index (χ4v) is 2.49. The number of hydrogen-bond donors (Lipinski definition) is 2. The maximum atomic E-state index is 6.14. The number of nitrogens with one attached hydrogen (secondary N) is 1. The summed E-state index contributed by atoms with van der Waals surface area (Å²) in [4.78, 5) is 0. The van der Waals surface area contributed by atoms with Crippen LogP contribution in [0.3, 0.4) is 0 Å². The Hall–Kier alpha value is -1.27. The van der Waals surface area contributed by atoms with Gasteiger partial charge in [0, 0.05) is 12.1 Å². The topological polar surface area (TPSA) is 65.1 Å². The summed E-state index contributed by atoms with van der Waals surface area (Å²) in [7, 11) is 1.80. The minimum absolute atomic E-state index is 0.258. The summed E-state index contributed by atoms with van der Waals surface area (Å²) >= 11 is 12.1. The lowest BCUT2D eigenvalue weighted by molar-refractivity contribution is 0.166. The van der Waals surface area contributed by atoms with Crippen molar-refractivity contribution in [3.05, 3.63) is 46.2 Å². The summed E-state index contributed by atoms with van der Waals surface area (Å²) in [6.45, 7) is 1.90. The average Bonchev–Trinajstić information content (AvgIpc) is 2.72. The number of benzene rings is 1. The van der Waals surface area contributed by atoms with Crippen molar-refractivity contribution in [1.29, 1.82) is 0 Å². The molecule has 0 aliphatic heterocycles. The zero-order chi connectivity index (χ0) is 14.7. The first-order valence-corrected chi connectivity index (χ1v) is 6.84. The highest BCUT2D eigenvalue weighted by molar-refractivity contribution is 6.31. The lowest BCUT2D eigenvalue weighted by atomic mass is 10.1. The molecule has 1 heterocycles. The molecule has 3 N–H and O–H groups in total. The standard InChI is InChI=1S/C13H16Cl2N4O/c1-8(20-10-5-3-4-9(14)6-10)12(18-16)13-11(15)7-17-19(13)2/h3-8,12,18H,16H2,1-2H3. The molecule has 0 aliphatic carbocycles. The van der Waals surface area contributed by atoms with Gasteiger partial charge in [-0.15, -0.1) is 0 Å². The number of halogens is 2. The maximum absolute atomic E-state index is 6.14. The molecule has 2 aromatic rings. The van der Waals surface area contributed by atoms with E-state index in [1.807, 2.05) is 19.1 Å². The molecule has 0 spiro atoms. The van der Waals surface area contributed by atoms with Crippen LogP contribution in [0.1, 0.15) is 18.7 Å². The van der Waals surface area contributed by atoms with E-state index in [0.717, 1.165) is 5.69 Å². The molecule has 0 aliphatic rings. The zero-order valence-corrected chi connectivity index (χ0v) is 12.7. The number of hydrazine groups is 1. The van der Waals surface area contributed by atoms with Crippen LogP contribution in [0.25, 0.3) is 0 Å². The van der Waals surface area contributed by atoms with Gasteiger partial charge in [0.05, 0.1) is 16.9 Å². The largest absolute Gasteiger partial charge is 0.489 e. The molecule has 20 heavy (non-hydrogen) atoms. The summed E-state index contributed by atoms with van der Waals surface area (Å²) in [6, 6.07) is 6.90. The second kappa shape index (κ2) is 6.45. The van der Waals surface area contributed by atoms with Crippen molar-refractivity contribution in [3.63, 3.8) is 0 Å². The van der Waals surface area contributed by atoms with Gasteiger partial charge in [0.25, 0.3) is 0 Å². The van der Waals surface area contributed by atoms with Gasteiger partial charge in [0.1, 0.15) is 17.9 Å². The minimum atomic E-state index is -0.297. The molecule has 0 bridgehead atoms. The van der Waals surface area contributed by atoms with Crippen molar-refractivity contribution in [2.75, 3.05) is 0 Å². The fourth-order valence-electron chi connectivity index (χ4n) is 2.03. The third kappa shape index (κ3) is 3.24. The van der Waals surface area contributed by atoms with Crippen LogP contribution in [0.4, 0.5) is 0 Å². The Morgan fingerprint density at radius 1 is 1.40 bits per heavy atom. The highest BCUT2D eigenvalue weighted by Crippen LogP contribution is 2.27. The number of ether oxygens (including phenoxy) is 1. The van der Waals surface area contributed by atoms with Crippen molar-refractivity contribution in [2.24, 2.45) is 12.9 Å². The lowest BCUT2D eigenvalue weighted by Crippen LogP contribution is -2.39. The Kier molecular flexibility index (Phi) is 4.88. The predicted molar refractivity (Wildman–Crippen MR) is 79.8 cm³/mol. The van der Waals surface area contributed by atoms with Crippen LogP contribution >= 0.6 is 23.2 Å². The molecule has 2 rings (SSSR count). The molecule has 0 radical (unpaired) electrons. The van der Waals surface area contributed by atoms with E-state index in [0.29, 0.717) is 15.8 Å². The third-order valence-electron chi connectivity index (χ3n) is 3.00. The minimum Gasteiger partial charge on any atom is -0.489 e. The van der Waals surface area contributed by atoms with Crippen molar-refractivity contribution >= 4 is 23.2 Å². The first-order chi connectivity index (χ1) is 9.52. The van der Waals surface area contributed by atoms with E-state index in [1.54, 1.807) is 30.1 Å². The van der Waals surface area contributed by atoms with Crippen molar-refractivity contribution in [1.82, 2.24) is 15.2 Å². The van der Waals surface area contributed by atoms with Crippen LogP contribution < -0.4 is 16.0 Å². The van der Waals surface area contributed by atoms with Gasteiger partial charge in [-0.1, -0.05) is 29.3 Å². The number of aromatic nitrogens is 2. The van der Waals surface area contributed by atoms with Gasteiger partial charge in [-0.2, -0.15) is 5.10 Å². The second-order valence-electron chi connectivity index (χ2n) is 4.43. The van der Waals surface area contributed by atoms with E-state index in [-0.39, 0.29) is 12.1 Å². The molecule has 0 saturated carbocycles. The Balaban J connectivity index is 2.20. The average molecular weight is 315 g/mol. The molecule has 2 unspecified atom stereocenters. The number of aryl methyl sites for hydroxylation is 1. The van der Waals surface area contributed by atoms with Crippen molar-refractivity contribution in [3.8, 4) is 5.75 Å². The second-order valence-corrected chi connectivity index (χ2v) is 5.27. The number of rotatable bonds is 5. The first kappa shape index (κ1) is 15.1. The van der Waals surface area contributed by atoms with E-state index < -0.39 is 0 Å². The monoisotopic (exact) mass is 314 g/mol. The van der Waals surface area contributed by atoms with Crippen LogP contribution in [0.5, 0.6) is 5.75 Å². The predicted octanol–water partition coefficient (Wildman–Crippen LogP) is 2.70. The summed E-state index contributed by atoms with van der Waals surface area (Å²) < 4.78 is 7.53. The van der Waals surface area contributed by atoms with Crippen LogP contribution in [-0.4, -0.2) is 15.9 Å². The van der Waals surface area contributed by atoms with Gasteiger partial charge in [-0.25, -0.2) is 5.43 Å². The van der Waals surface area contributed by atoms with Crippen LogP contribution in [0, 0.1) is 0 Å². The van der Waals surface area contributed by atoms with E-state index in [1.165, 1.54) is 0 Å². The quantitative estimate of drug-likeness (QED) is 0.658. The Labute approximate surface area is 127 Å². The Morgan fingerprint density at radius 3 is 2.70 bits per heavy atom. The molecule has 5 nitrogen and oxygen atoms in total. The van der Waals surface area contributed by atoms with Crippen LogP contribution in [-0.2, 0) is 7.05 Å². The highest BCUT2D eigenvalue weighted by Gasteiger charge is 2.25. The van der Waals surface area contributed by atoms with Gasteiger partial charge >= 0.3 is 0 Å². The van der Waals surface area contributed by atoms with Gasteiger partial charge in [0.15, 0.2) is 0 Å². The highest BCUT2D eigenvalue weighted by atomic mass is 35.5. The van der Waals surface area contributed by atoms with Crippen molar-refractivity contribution < 1.29 is 4.74 Å². The van der Waals surface area contributed by atoms with Gasteiger partial charge in [-0.05, 0) is 25.1 Å².